The van der Waals surface area contributed by atoms with Gasteiger partial charge in [0.1, 0.15) is 11.5 Å². The average Bonchev–Trinajstić information content (AvgIpc) is 2.67. The molecule has 0 aliphatic rings. The predicted molar refractivity (Wildman–Crippen MR) is 104 cm³/mol. The maximum Gasteiger partial charge on any atom is 0.272 e. The van der Waals surface area contributed by atoms with Gasteiger partial charge in [0.2, 0.25) is 16.2 Å². The molecule has 122 valence electrons. The van der Waals surface area contributed by atoms with Gasteiger partial charge in [0.05, 0.1) is 19.8 Å². The van der Waals surface area contributed by atoms with Crippen molar-refractivity contribution in [2.45, 2.75) is 4.21 Å². The van der Waals surface area contributed by atoms with E-state index in [0.717, 1.165) is 11.5 Å². The summed E-state index contributed by atoms with van der Waals surface area (Å²) in [6.07, 6.45) is 2.12. The van der Waals surface area contributed by atoms with Gasteiger partial charge in [-0.1, -0.05) is 23.9 Å². The molecule has 3 aromatic rings. The van der Waals surface area contributed by atoms with E-state index in [1.165, 1.54) is 25.8 Å². The number of methoxy groups -OCH3 is 2. The van der Waals surface area contributed by atoms with Gasteiger partial charge in [-0.25, -0.2) is 0 Å². The lowest BCUT2D eigenvalue weighted by Gasteiger charge is -2.04. The van der Waals surface area contributed by atoms with Crippen molar-refractivity contribution < 1.29 is 9.47 Å². The van der Waals surface area contributed by atoms with Gasteiger partial charge in [-0.05, 0) is 54.3 Å². The first-order valence-electron chi connectivity index (χ1n) is 7.55. The highest BCUT2D eigenvalue weighted by Crippen LogP contribution is 2.39. The molecule has 1 heterocycles. The van der Waals surface area contributed by atoms with Crippen molar-refractivity contribution in [3.63, 3.8) is 0 Å². The van der Waals surface area contributed by atoms with Gasteiger partial charge in [0.25, 0.3) is 4.21 Å². The second-order valence-corrected chi connectivity index (χ2v) is 7.29. The fourth-order valence-electron chi connectivity index (χ4n) is 2.46. The fraction of sp³-hybridized carbons (Fsp3) is 0.150. The minimum atomic E-state index is 0.878. The van der Waals surface area contributed by atoms with Gasteiger partial charge in [-0.15, -0.1) is 0 Å². The lowest BCUT2D eigenvalue weighted by molar-refractivity contribution is 0.415. The summed E-state index contributed by atoms with van der Waals surface area (Å²) in [6.45, 7) is 0. The van der Waals surface area contributed by atoms with Crippen LogP contribution >= 0.6 is 23.1 Å². The molecule has 1 aromatic heterocycles. The molecule has 0 bridgehead atoms. The van der Waals surface area contributed by atoms with Crippen LogP contribution < -0.4 is 9.47 Å². The second-order valence-electron chi connectivity index (χ2n) is 5.16. The van der Waals surface area contributed by atoms with Crippen LogP contribution in [0, 0.1) is 0 Å². The Morgan fingerprint density at radius 2 is 1.25 bits per heavy atom. The summed E-state index contributed by atoms with van der Waals surface area (Å²) in [6, 6.07) is 20.8. The van der Waals surface area contributed by atoms with Crippen molar-refractivity contribution in [3.05, 3.63) is 60.7 Å². The van der Waals surface area contributed by atoms with Crippen LogP contribution in [0.5, 0.6) is 11.5 Å². The van der Waals surface area contributed by atoms with E-state index in [9.17, 15) is 0 Å². The maximum absolute atomic E-state index is 5.24. The summed E-state index contributed by atoms with van der Waals surface area (Å²) in [5.74, 6) is 1.76. The van der Waals surface area contributed by atoms with Crippen molar-refractivity contribution in [2.75, 3.05) is 20.5 Å². The lowest BCUT2D eigenvalue weighted by Crippen LogP contribution is -1.85. The van der Waals surface area contributed by atoms with Crippen LogP contribution in [0.3, 0.4) is 0 Å². The highest BCUT2D eigenvalue weighted by molar-refractivity contribution is 8.00. The predicted octanol–water partition coefficient (Wildman–Crippen LogP) is 6.10. The maximum atomic E-state index is 5.24. The van der Waals surface area contributed by atoms with Crippen molar-refractivity contribution in [2.24, 2.45) is 0 Å². The number of thioether (sulfide) groups is 1. The second kappa shape index (κ2) is 7.69. The Labute approximate surface area is 151 Å². The molecule has 0 spiro atoms. The Kier molecular flexibility index (Phi) is 5.38. The van der Waals surface area contributed by atoms with Crippen LogP contribution in [0.1, 0.15) is 0 Å². The van der Waals surface area contributed by atoms with Gasteiger partial charge in [-0.3, -0.25) is 0 Å². The minimum Gasteiger partial charge on any atom is -0.497 e. The van der Waals surface area contributed by atoms with Crippen molar-refractivity contribution in [1.29, 1.82) is 0 Å². The van der Waals surface area contributed by atoms with E-state index in [4.69, 9.17) is 9.47 Å². The Balaban J connectivity index is 1.97. The number of ether oxygens (including phenoxy) is 2. The van der Waals surface area contributed by atoms with E-state index in [-0.39, 0.29) is 0 Å². The van der Waals surface area contributed by atoms with Crippen LogP contribution in [0.2, 0.25) is 0 Å². The first kappa shape index (κ1) is 16.8. The smallest absolute Gasteiger partial charge is 0.272 e. The molecule has 0 aliphatic heterocycles. The van der Waals surface area contributed by atoms with Crippen LogP contribution in [0.4, 0.5) is 0 Å². The molecule has 0 radical (unpaired) electrons. The van der Waals surface area contributed by atoms with Crippen LogP contribution in [0.25, 0.3) is 21.6 Å². The third-order valence-electron chi connectivity index (χ3n) is 3.78. The quantitative estimate of drug-likeness (QED) is 0.407. The SMILES string of the molecule is COc1ccc(-c2ccc(-c3ccc(OC)cc3)c(SC)[s+]2)cc1. The van der Waals surface area contributed by atoms with E-state index in [1.807, 2.05) is 35.6 Å². The van der Waals surface area contributed by atoms with Gasteiger partial charge in [0.15, 0.2) is 0 Å². The molecule has 24 heavy (non-hydrogen) atoms. The lowest BCUT2D eigenvalue weighted by atomic mass is 10.1. The molecule has 0 atom stereocenters. The van der Waals surface area contributed by atoms with E-state index < -0.39 is 0 Å². The van der Waals surface area contributed by atoms with E-state index in [2.05, 4.69) is 42.7 Å². The van der Waals surface area contributed by atoms with Crippen LogP contribution in [-0.2, 0) is 0 Å². The molecule has 0 aliphatic carbocycles. The van der Waals surface area contributed by atoms with Crippen molar-refractivity contribution in [1.82, 2.24) is 0 Å². The minimum absolute atomic E-state index is 0.878. The monoisotopic (exact) mass is 355 g/mol. The molecule has 4 heteroatoms. The molecule has 2 nitrogen and oxygen atoms in total. The van der Waals surface area contributed by atoms with Gasteiger partial charge >= 0.3 is 0 Å². The molecule has 2 aromatic carbocycles. The van der Waals surface area contributed by atoms with Crippen LogP contribution in [0.15, 0.2) is 64.9 Å². The summed E-state index contributed by atoms with van der Waals surface area (Å²) < 4.78 is 11.8. The molecule has 0 saturated heterocycles. The summed E-state index contributed by atoms with van der Waals surface area (Å²) in [4.78, 5) is 1.25. The Morgan fingerprint density at radius 3 is 1.75 bits per heavy atom. The van der Waals surface area contributed by atoms with E-state index in [0.29, 0.717) is 0 Å². The summed E-state index contributed by atoms with van der Waals surface area (Å²) in [5, 5.41) is 0. The zero-order chi connectivity index (χ0) is 16.9. The molecular weight excluding hydrogens is 336 g/mol. The van der Waals surface area contributed by atoms with Crippen LogP contribution in [-0.4, -0.2) is 20.5 Å². The number of hydrogen-bond acceptors (Lipinski definition) is 3. The molecule has 0 saturated carbocycles. The Morgan fingerprint density at radius 1 is 0.708 bits per heavy atom. The van der Waals surface area contributed by atoms with Gasteiger partial charge < -0.3 is 9.47 Å². The van der Waals surface area contributed by atoms with Crippen molar-refractivity contribution >= 4 is 23.1 Å². The fourth-order valence-corrected chi connectivity index (χ4v) is 4.36. The summed E-state index contributed by atoms with van der Waals surface area (Å²) >= 11 is 3.59. The van der Waals surface area contributed by atoms with Gasteiger partial charge in [0, 0.05) is 11.6 Å². The van der Waals surface area contributed by atoms with E-state index in [1.54, 1.807) is 26.0 Å². The summed E-state index contributed by atoms with van der Waals surface area (Å²) in [5.41, 5.74) is 3.67. The molecule has 0 amide bonds. The zero-order valence-corrected chi connectivity index (χ0v) is 15.5. The normalized spacial score (nSPS) is 10.5. The molecule has 0 unspecified atom stereocenters. The molecular formula is C20H19O2S2+. The molecule has 0 fully saturated rings. The zero-order valence-electron chi connectivity index (χ0n) is 13.9. The third kappa shape index (κ3) is 3.55. The number of hydrogen-bond donors (Lipinski definition) is 0. The molecule has 0 N–H and O–H groups in total. The van der Waals surface area contributed by atoms with Gasteiger partial charge in [-0.2, -0.15) is 0 Å². The highest BCUT2D eigenvalue weighted by Gasteiger charge is 2.19. The number of rotatable bonds is 5. The molecule has 3 rings (SSSR count). The third-order valence-corrected chi connectivity index (χ3v) is 6.12. The summed E-state index contributed by atoms with van der Waals surface area (Å²) in [7, 11) is 3.38. The Bertz CT molecular complexity index is 812. The first-order chi connectivity index (χ1) is 11.7. The average molecular weight is 356 g/mol. The standard InChI is InChI=1S/C20H19O2S2/c1-21-16-8-4-14(5-9-16)18-12-13-19(24-20(18)23-3)15-6-10-17(22-2)11-7-15/h4-13H,1-3H3/q+1. The van der Waals surface area contributed by atoms with Crippen molar-refractivity contribution in [3.8, 4) is 33.1 Å². The largest absolute Gasteiger partial charge is 0.497 e. The Hall–Kier alpha value is -2.04. The highest BCUT2D eigenvalue weighted by atomic mass is 32.2. The number of benzene rings is 2. The van der Waals surface area contributed by atoms with E-state index >= 15 is 0 Å². The topological polar surface area (TPSA) is 18.5 Å². The first-order valence-corrected chi connectivity index (χ1v) is 9.59.